The Kier molecular flexibility index (Phi) is 5.91. The number of amides is 2. The Morgan fingerprint density at radius 1 is 1.45 bits per heavy atom. The van der Waals surface area contributed by atoms with Crippen molar-refractivity contribution in [1.82, 2.24) is 10.7 Å². The lowest BCUT2D eigenvalue weighted by molar-refractivity contribution is -0.139. The van der Waals surface area contributed by atoms with Gasteiger partial charge in [-0.2, -0.15) is 5.10 Å². The number of hydrogen-bond donors (Lipinski definition) is 2. The summed E-state index contributed by atoms with van der Waals surface area (Å²) in [4.78, 5) is 23.1. The second-order valence-corrected chi connectivity index (χ2v) is 4.82. The number of methoxy groups -OCH3 is 1. The van der Waals surface area contributed by atoms with E-state index in [4.69, 9.17) is 9.47 Å². The van der Waals surface area contributed by atoms with Gasteiger partial charge in [0.25, 0.3) is 0 Å². The van der Waals surface area contributed by atoms with Crippen molar-refractivity contribution in [2.75, 3.05) is 20.3 Å². The topological polar surface area (TPSA) is 89.0 Å². The molecule has 0 aromatic heterocycles. The zero-order valence-electron chi connectivity index (χ0n) is 12.4. The second-order valence-electron chi connectivity index (χ2n) is 4.82. The maximum absolute atomic E-state index is 11.6. The molecule has 7 nitrogen and oxygen atoms in total. The molecule has 0 radical (unpaired) electrons. The molecular weight excluding hydrogens is 286 g/mol. The molecule has 1 fully saturated rings. The van der Waals surface area contributed by atoms with Crippen molar-refractivity contribution < 1.29 is 19.1 Å². The molecule has 1 heterocycles. The molecule has 2 rings (SSSR count). The minimum Gasteiger partial charge on any atom is -0.497 e. The third-order valence-electron chi connectivity index (χ3n) is 3.19. The molecular formula is C15H19N3O4. The van der Waals surface area contributed by atoms with Crippen molar-refractivity contribution in [3.63, 3.8) is 0 Å². The molecule has 2 N–H and O–H groups in total. The van der Waals surface area contributed by atoms with Crippen molar-refractivity contribution >= 4 is 18.0 Å². The molecule has 2 amide bonds. The first kappa shape index (κ1) is 16.0. The number of carbonyl (C=O) groups is 2. The molecule has 1 aliphatic heterocycles. The minimum absolute atomic E-state index is 0.00275. The number of benzene rings is 1. The minimum atomic E-state index is -0.808. The van der Waals surface area contributed by atoms with Gasteiger partial charge in [-0.15, -0.1) is 0 Å². The van der Waals surface area contributed by atoms with Gasteiger partial charge >= 0.3 is 11.8 Å². The van der Waals surface area contributed by atoms with Crippen molar-refractivity contribution in [2.24, 2.45) is 5.10 Å². The van der Waals surface area contributed by atoms with Crippen LogP contribution in [0.1, 0.15) is 18.4 Å². The van der Waals surface area contributed by atoms with Crippen molar-refractivity contribution in [2.45, 2.75) is 18.9 Å². The van der Waals surface area contributed by atoms with E-state index in [-0.39, 0.29) is 6.10 Å². The van der Waals surface area contributed by atoms with E-state index in [1.54, 1.807) is 31.4 Å². The van der Waals surface area contributed by atoms with Gasteiger partial charge in [0.2, 0.25) is 0 Å². The Balaban J connectivity index is 1.75. The SMILES string of the molecule is COc1cccc(/C=N\NC(=O)C(=O)NC[C@@H]2CCCO2)c1. The molecule has 0 bridgehead atoms. The van der Waals surface area contributed by atoms with Gasteiger partial charge in [-0.05, 0) is 30.5 Å². The van der Waals surface area contributed by atoms with Gasteiger partial charge < -0.3 is 14.8 Å². The number of rotatable bonds is 5. The molecule has 1 atom stereocenters. The zero-order valence-corrected chi connectivity index (χ0v) is 12.4. The second kappa shape index (κ2) is 8.14. The summed E-state index contributed by atoms with van der Waals surface area (Å²) < 4.78 is 10.4. The third-order valence-corrected chi connectivity index (χ3v) is 3.19. The summed E-state index contributed by atoms with van der Waals surface area (Å²) >= 11 is 0. The van der Waals surface area contributed by atoms with Crippen LogP contribution >= 0.6 is 0 Å². The molecule has 0 unspecified atom stereocenters. The first-order chi connectivity index (χ1) is 10.7. The van der Waals surface area contributed by atoms with E-state index in [1.165, 1.54) is 6.21 Å². The molecule has 1 aromatic rings. The predicted molar refractivity (Wildman–Crippen MR) is 80.7 cm³/mol. The molecule has 0 spiro atoms. The molecule has 1 aromatic carbocycles. The summed E-state index contributed by atoms with van der Waals surface area (Å²) in [6, 6.07) is 7.16. The molecule has 0 aliphatic carbocycles. The predicted octanol–water partition coefficient (Wildman–Crippen LogP) is 0.440. The van der Waals surface area contributed by atoms with E-state index in [0.29, 0.717) is 18.9 Å². The summed E-state index contributed by atoms with van der Waals surface area (Å²) in [5, 5.41) is 6.27. The molecule has 0 saturated carbocycles. The maximum Gasteiger partial charge on any atom is 0.329 e. The number of nitrogens with one attached hydrogen (secondary N) is 2. The Hall–Kier alpha value is -2.41. The first-order valence-electron chi connectivity index (χ1n) is 7.06. The van der Waals surface area contributed by atoms with E-state index in [0.717, 1.165) is 18.4 Å². The molecule has 22 heavy (non-hydrogen) atoms. The standard InChI is InChI=1S/C15H19N3O4/c1-21-12-5-2-4-11(8-12)9-17-18-15(20)14(19)16-10-13-6-3-7-22-13/h2,4-5,8-9,13H,3,6-7,10H2,1H3,(H,16,19)(H,18,20)/b17-9-/t13-/m0/s1. The maximum atomic E-state index is 11.6. The van der Waals surface area contributed by atoms with E-state index >= 15 is 0 Å². The van der Waals surface area contributed by atoms with Crippen LogP contribution in [0, 0.1) is 0 Å². The number of carbonyl (C=O) groups excluding carboxylic acids is 2. The van der Waals surface area contributed by atoms with E-state index in [1.807, 2.05) is 0 Å². The fourth-order valence-electron chi connectivity index (χ4n) is 2.03. The molecule has 1 saturated heterocycles. The number of ether oxygens (including phenoxy) is 2. The lowest BCUT2D eigenvalue weighted by Gasteiger charge is -2.09. The highest BCUT2D eigenvalue weighted by molar-refractivity contribution is 6.35. The lowest BCUT2D eigenvalue weighted by atomic mass is 10.2. The van der Waals surface area contributed by atoms with E-state index < -0.39 is 11.8 Å². The smallest absolute Gasteiger partial charge is 0.329 e. The van der Waals surface area contributed by atoms with Gasteiger partial charge in [-0.3, -0.25) is 9.59 Å². The van der Waals surface area contributed by atoms with Gasteiger partial charge in [0.05, 0.1) is 19.4 Å². The molecule has 1 aliphatic rings. The largest absolute Gasteiger partial charge is 0.497 e. The first-order valence-corrected chi connectivity index (χ1v) is 7.06. The van der Waals surface area contributed by atoms with E-state index in [9.17, 15) is 9.59 Å². The Morgan fingerprint density at radius 3 is 3.05 bits per heavy atom. The fourth-order valence-corrected chi connectivity index (χ4v) is 2.03. The van der Waals surface area contributed by atoms with Crippen LogP contribution in [0.25, 0.3) is 0 Å². The number of hydrazone groups is 1. The van der Waals surface area contributed by atoms with Gasteiger partial charge in [-0.25, -0.2) is 5.43 Å². The van der Waals surface area contributed by atoms with Crippen LogP contribution in [0.4, 0.5) is 0 Å². The summed E-state index contributed by atoms with van der Waals surface area (Å²) in [6.45, 7) is 1.05. The van der Waals surface area contributed by atoms with Gasteiger partial charge in [-0.1, -0.05) is 12.1 Å². The average Bonchev–Trinajstić information content (AvgIpc) is 3.06. The Morgan fingerprint density at radius 2 is 2.32 bits per heavy atom. The fraction of sp³-hybridized carbons (Fsp3) is 0.400. The van der Waals surface area contributed by atoms with Crippen LogP contribution in [0.3, 0.4) is 0 Å². The van der Waals surface area contributed by atoms with Crippen LogP contribution in [-0.4, -0.2) is 44.4 Å². The molecule has 118 valence electrons. The van der Waals surface area contributed by atoms with Crippen molar-refractivity contribution in [3.05, 3.63) is 29.8 Å². The average molecular weight is 305 g/mol. The summed E-state index contributed by atoms with van der Waals surface area (Å²) in [6.07, 6.45) is 3.32. The van der Waals surface area contributed by atoms with Crippen LogP contribution in [0.2, 0.25) is 0 Å². The van der Waals surface area contributed by atoms with Gasteiger partial charge in [0.1, 0.15) is 5.75 Å². The summed E-state index contributed by atoms with van der Waals surface area (Å²) in [7, 11) is 1.57. The number of hydrogen-bond acceptors (Lipinski definition) is 5. The van der Waals surface area contributed by atoms with Crippen LogP contribution in [-0.2, 0) is 14.3 Å². The Labute approximate surface area is 128 Å². The monoisotopic (exact) mass is 305 g/mol. The highest BCUT2D eigenvalue weighted by Gasteiger charge is 2.18. The highest BCUT2D eigenvalue weighted by Crippen LogP contribution is 2.11. The summed E-state index contributed by atoms with van der Waals surface area (Å²) in [5.74, 6) is -0.847. The van der Waals surface area contributed by atoms with Crippen LogP contribution < -0.4 is 15.5 Å². The van der Waals surface area contributed by atoms with Crippen LogP contribution in [0.5, 0.6) is 5.75 Å². The normalized spacial score (nSPS) is 17.4. The van der Waals surface area contributed by atoms with E-state index in [2.05, 4.69) is 15.8 Å². The Bertz CT molecular complexity index is 553. The lowest BCUT2D eigenvalue weighted by Crippen LogP contribution is -2.41. The van der Waals surface area contributed by atoms with Gasteiger partial charge in [0.15, 0.2) is 0 Å². The summed E-state index contributed by atoms with van der Waals surface area (Å²) in [5.41, 5.74) is 2.93. The zero-order chi connectivity index (χ0) is 15.8. The van der Waals surface area contributed by atoms with Crippen LogP contribution in [0.15, 0.2) is 29.4 Å². The number of nitrogens with zero attached hydrogens (tertiary/aromatic N) is 1. The highest BCUT2D eigenvalue weighted by atomic mass is 16.5. The van der Waals surface area contributed by atoms with Gasteiger partial charge in [0, 0.05) is 13.2 Å². The third kappa shape index (κ3) is 4.85. The molecule has 7 heteroatoms. The quantitative estimate of drug-likeness (QED) is 0.469. The van der Waals surface area contributed by atoms with Crippen molar-refractivity contribution in [1.29, 1.82) is 0 Å². The van der Waals surface area contributed by atoms with Crippen molar-refractivity contribution in [3.8, 4) is 5.75 Å².